The molecule has 2 rings (SSSR count). The van der Waals surface area contributed by atoms with Crippen molar-refractivity contribution >= 4 is 11.6 Å². The summed E-state index contributed by atoms with van der Waals surface area (Å²) in [6.45, 7) is 4.47. The van der Waals surface area contributed by atoms with Crippen LogP contribution in [0.3, 0.4) is 0 Å². The Morgan fingerprint density at radius 2 is 1.96 bits per heavy atom. The first kappa shape index (κ1) is 18.0. The van der Waals surface area contributed by atoms with Gasteiger partial charge in [-0.3, -0.25) is 4.79 Å². The van der Waals surface area contributed by atoms with Crippen LogP contribution < -0.4 is 10.6 Å². The molecule has 128 valence electrons. The van der Waals surface area contributed by atoms with E-state index in [2.05, 4.69) is 48.7 Å². The van der Waals surface area contributed by atoms with Gasteiger partial charge in [-0.2, -0.15) is 0 Å². The largest absolute Gasteiger partial charge is 0.395 e. The molecule has 0 aromatic heterocycles. The van der Waals surface area contributed by atoms with E-state index in [-0.39, 0.29) is 19.1 Å². The lowest BCUT2D eigenvalue weighted by atomic mass is 10.0. The zero-order valence-electron chi connectivity index (χ0n) is 14.4. The second-order valence-electron chi connectivity index (χ2n) is 6.13. The smallest absolute Gasteiger partial charge is 0.251 e. The van der Waals surface area contributed by atoms with E-state index >= 15 is 0 Å². The van der Waals surface area contributed by atoms with Crippen LogP contribution in [-0.2, 0) is 6.42 Å². The summed E-state index contributed by atoms with van der Waals surface area (Å²) in [5.74, 6) is -0.167. The quantitative estimate of drug-likeness (QED) is 0.698. The fourth-order valence-electron chi connectivity index (χ4n) is 2.63. The van der Waals surface area contributed by atoms with Crippen LogP contribution in [-0.4, -0.2) is 30.2 Å². The fourth-order valence-corrected chi connectivity index (χ4v) is 2.63. The lowest BCUT2D eigenvalue weighted by Crippen LogP contribution is -2.26. The molecule has 0 aliphatic carbocycles. The first-order valence-electron chi connectivity index (χ1n) is 8.39. The van der Waals surface area contributed by atoms with E-state index in [1.165, 1.54) is 11.1 Å². The highest BCUT2D eigenvalue weighted by Crippen LogP contribution is 2.15. The Bertz CT molecular complexity index is 670. The molecule has 2 aromatic rings. The number of nitrogens with one attached hydrogen (secondary N) is 2. The summed E-state index contributed by atoms with van der Waals surface area (Å²) in [5.41, 5.74) is 4.17. The van der Waals surface area contributed by atoms with Crippen LogP contribution in [0.25, 0.3) is 0 Å². The highest BCUT2D eigenvalue weighted by molar-refractivity contribution is 5.95. The minimum Gasteiger partial charge on any atom is -0.395 e. The summed E-state index contributed by atoms with van der Waals surface area (Å²) in [5, 5.41) is 14.9. The average molecular weight is 326 g/mol. The van der Waals surface area contributed by atoms with Gasteiger partial charge < -0.3 is 15.7 Å². The second-order valence-corrected chi connectivity index (χ2v) is 6.13. The number of amides is 1. The predicted molar refractivity (Wildman–Crippen MR) is 98.4 cm³/mol. The number of aliphatic hydroxyl groups excluding tert-OH is 1. The van der Waals surface area contributed by atoms with Gasteiger partial charge in [0.2, 0.25) is 0 Å². The van der Waals surface area contributed by atoms with Crippen molar-refractivity contribution in [3.63, 3.8) is 0 Å². The van der Waals surface area contributed by atoms with Gasteiger partial charge in [0.05, 0.1) is 6.61 Å². The Morgan fingerprint density at radius 1 is 1.17 bits per heavy atom. The molecule has 1 amide bonds. The summed E-state index contributed by atoms with van der Waals surface area (Å²) in [6.07, 6.45) is 2.04. The molecule has 3 N–H and O–H groups in total. The fraction of sp³-hybridized carbons (Fsp3) is 0.350. The monoisotopic (exact) mass is 326 g/mol. The molecule has 0 bridgehead atoms. The topological polar surface area (TPSA) is 61.4 Å². The molecular weight excluding hydrogens is 300 g/mol. The highest BCUT2D eigenvalue weighted by Gasteiger charge is 2.07. The van der Waals surface area contributed by atoms with Gasteiger partial charge >= 0.3 is 0 Å². The van der Waals surface area contributed by atoms with Crippen molar-refractivity contribution in [1.82, 2.24) is 5.32 Å². The molecule has 0 radical (unpaired) electrons. The maximum absolute atomic E-state index is 11.9. The van der Waals surface area contributed by atoms with Gasteiger partial charge in [-0.1, -0.05) is 35.9 Å². The molecule has 1 unspecified atom stereocenters. The highest BCUT2D eigenvalue weighted by atomic mass is 16.3. The molecule has 0 aliphatic rings. The van der Waals surface area contributed by atoms with Gasteiger partial charge in [-0.05, 0) is 50.5 Å². The molecule has 1 atom stereocenters. The van der Waals surface area contributed by atoms with Crippen molar-refractivity contribution in [2.45, 2.75) is 32.7 Å². The number of carbonyl (C=O) groups is 1. The number of rotatable bonds is 8. The van der Waals surface area contributed by atoms with Crippen molar-refractivity contribution in [3.05, 3.63) is 65.2 Å². The van der Waals surface area contributed by atoms with Crippen molar-refractivity contribution in [3.8, 4) is 0 Å². The van der Waals surface area contributed by atoms with E-state index in [9.17, 15) is 4.79 Å². The molecule has 0 saturated heterocycles. The standard InChI is InChI=1S/C20H26N2O2/c1-15-5-3-6-17(13-15)10-9-16(2)22-19-8-4-7-18(14-19)20(24)21-11-12-23/h3-8,13-14,16,22-23H,9-12H2,1-2H3,(H,21,24). The Morgan fingerprint density at radius 3 is 2.71 bits per heavy atom. The van der Waals surface area contributed by atoms with Crippen LogP contribution in [0.4, 0.5) is 5.69 Å². The van der Waals surface area contributed by atoms with Crippen molar-refractivity contribution in [2.75, 3.05) is 18.5 Å². The zero-order chi connectivity index (χ0) is 17.4. The summed E-state index contributed by atoms with van der Waals surface area (Å²) in [7, 11) is 0. The minimum atomic E-state index is -0.167. The maximum Gasteiger partial charge on any atom is 0.251 e. The normalized spacial score (nSPS) is 11.8. The van der Waals surface area contributed by atoms with E-state index in [0.717, 1.165) is 18.5 Å². The van der Waals surface area contributed by atoms with Crippen LogP contribution in [0.5, 0.6) is 0 Å². The van der Waals surface area contributed by atoms with Crippen molar-refractivity contribution < 1.29 is 9.90 Å². The van der Waals surface area contributed by atoms with E-state index in [1.807, 2.05) is 18.2 Å². The second kappa shape index (κ2) is 9.08. The van der Waals surface area contributed by atoms with Crippen molar-refractivity contribution in [1.29, 1.82) is 0 Å². The van der Waals surface area contributed by atoms with Gasteiger partial charge in [0.25, 0.3) is 5.91 Å². The predicted octanol–water partition coefficient (Wildman–Crippen LogP) is 3.15. The summed E-state index contributed by atoms with van der Waals surface area (Å²) < 4.78 is 0. The third kappa shape index (κ3) is 5.70. The summed E-state index contributed by atoms with van der Waals surface area (Å²) >= 11 is 0. The van der Waals surface area contributed by atoms with Crippen LogP contribution in [0.2, 0.25) is 0 Å². The number of aliphatic hydroxyl groups is 1. The molecular formula is C20H26N2O2. The Labute approximate surface area is 143 Å². The number of hydrogen-bond acceptors (Lipinski definition) is 3. The number of benzene rings is 2. The van der Waals surface area contributed by atoms with Crippen LogP contribution in [0, 0.1) is 6.92 Å². The molecule has 4 nitrogen and oxygen atoms in total. The van der Waals surface area contributed by atoms with E-state index in [0.29, 0.717) is 11.6 Å². The molecule has 2 aromatic carbocycles. The lowest BCUT2D eigenvalue weighted by molar-refractivity contribution is 0.0945. The summed E-state index contributed by atoms with van der Waals surface area (Å²) in [4.78, 5) is 11.9. The van der Waals surface area contributed by atoms with Gasteiger partial charge in [0.15, 0.2) is 0 Å². The Kier molecular flexibility index (Phi) is 6.82. The van der Waals surface area contributed by atoms with Crippen LogP contribution in [0.15, 0.2) is 48.5 Å². The first-order valence-corrected chi connectivity index (χ1v) is 8.39. The molecule has 24 heavy (non-hydrogen) atoms. The van der Waals surface area contributed by atoms with Crippen molar-refractivity contribution in [2.24, 2.45) is 0 Å². The molecule has 0 fully saturated rings. The third-order valence-corrected chi connectivity index (χ3v) is 3.88. The van der Waals surface area contributed by atoms with Gasteiger partial charge in [0, 0.05) is 23.8 Å². The number of carbonyl (C=O) groups excluding carboxylic acids is 1. The minimum absolute atomic E-state index is 0.0559. The van der Waals surface area contributed by atoms with Crippen LogP contribution in [0.1, 0.15) is 34.8 Å². The first-order chi connectivity index (χ1) is 11.6. The van der Waals surface area contributed by atoms with E-state index in [4.69, 9.17) is 5.11 Å². The zero-order valence-corrected chi connectivity index (χ0v) is 14.4. The number of hydrogen-bond donors (Lipinski definition) is 3. The van der Waals surface area contributed by atoms with E-state index in [1.54, 1.807) is 6.07 Å². The molecule has 0 aliphatic heterocycles. The molecule has 0 heterocycles. The van der Waals surface area contributed by atoms with Crippen LogP contribution >= 0.6 is 0 Å². The lowest BCUT2D eigenvalue weighted by Gasteiger charge is -2.16. The van der Waals surface area contributed by atoms with E-state index < -0.39 is 0 Å². The van der Waals surface area contributed by atoms with Gasteiger partial charge in [0.1, 0.15) is 0 Å². The molecule has 0 spiro atoms. The SMILES string of the molecule is Cc1cccc(CCC(C)Nc2cccc(C(=O)NCCO)c2)c1. The number of anilines is 1. The van der Waals surface area contributed by atoms with Gasteiger partial charge in [-0.15, -0.1) is 0 Å². The Hall–Kier alpha value is -2.33. The Balaban J connectivity index is 1.89. The molecule has 0 saturated carbocycles. The molecule has 4 heteroatoms. The average Bonchev–Trinajstić information content (AvgIpc) is 2.58. The third-order valence-electron chi connectivity index (χ3n) is 3.88. The summed E-state index contributed by atoms with van der Waals surface area (Å²) in [6, 6.07) is 16.3. The number of aryl methyl sites for hydroxylation is 2. The maximum atomic E-state index is 11.9. The van der Waals surface area contributed by atoms with Gasteiger partial charge in [-0.25, -0.2) is 0 Å².